The van der Waals surface area contributed by atoms with E-state index in [1.807, 2.05) is 6.92 Å². The highest BCUT2D eigenvalue weighted by molar-refractivity contribution is 5.96. The SMILES string of the molecule is CCOC(=O)c1cnc2n[nH]cc2c1CCNN=C(C)CC(OC)OC. The molecular weight excluding hydrogens is 338 g/mol. The van der Waals surface area contributed by atoms with Gasteiger partial charge in [0.2, 0.25) is 0 Å². The maximum absolute atomic E-state index is 12.2. The van der Waals surface area contributed by atoms with Crippen molar-refractivity contribution >= 4 is 22.7 Å². The highest BCUT2D eigenvalue weighted by Crippen LogP contribution is 2.20. The standard InChI is InChI=1S/C17H25N5O4/c1-5-26-17(23)14-9-18-16-13(10-20-22-16)12(14)6-7-19-21-11(2)8-15(24-3)25-4/h9-10,15,19H,5-8H2,1-4H3,(H,18,20,22). The number of fused-ring (bicyclic) bond motifs is 1. The van der Waals surface area contributed by atoms with Gasteiger partial charge in [-0.05, 0) is 25.8 Å². The zero-order valence-corrected chi connectivity index (χ0v) is 15.5. The van der Waals surface area contributed by atoms with Crippen LogP contribution in [-0.2, 0) is 20.6 Å². The van der Waals surface area contributed by atoms with Crippen LogP contribution in [0, 0.1) is 0 Å². The van der Waals surface area contributed by atoms with Gasteiger partial charge < -0.3 is 19.6 Å². The summed E-state index contributed by atoms with van der Waals surface area (Å²) in [6.45, 7) is 4.51. The van der Waals surface area contributed by atoms with Crippen LogP contribution in [0.15, 0.2) is 17.5 Å². The van der Waals surface area contributed by atoms with Gasteiger partial charge in [0, 0.05) is 50.7 Å². The van der Waals surface area contributed by atoms with E-state index in [0.29, 0.717) is 37.2 Å². The van der Waals surface area contributed by atoms with Crippen LogP contribution >= 0.6 is 0 Å². The van der Waals surface area contributed by atoms with E-state index in [1.54, 1.807) is 27.3 Å². The molecule has 2 rings (SSSR count). The van der Waals surface area contributed by atoms with Crippen molar-refractivity contribution in [3.63, 3.8) is 0 Å². The molecular formula is C17H25N5O4. The van der Waals surface area contributed by atoms with Crippen molar-refractivity contribution in [1.82, 2.24) is 20.6 Å². The number of carbonyl (C=O) groups excluding carboxylic acids is 1. The van der Waals surface area contributed by atoms with Gasteiger partial charge in [0.25, 0.3) is 0 Å². The van der Waals surface area contributed by atoms with Crippen molar-refractivity contribution in [2.24, 2.45) is 5.10 Å². The fourth-order valence-electron chi connectivity index (χ4n) is 2.53. The summed E-state index contributed by atoms with van der Waals surface area (Å²) in [5.41, 5.74) is 5.71. The molecule has 0 atom stereocenters. The van der Waals surface area contributed by atoms with Gasteiger partial charge >= 0.3 is 5.97 Å². The highest BCUT2D eigenvalue weighted by atomic mass is 16.7. The Morgan fingerprint density at radius 3 is 2.85 bits per heavy atom. The minimum absolute atomic E-state index is 0.309. The molecule has 0 radical (unpaired) electrons. The molecule has 0 saturated carbocycles. The first kappa shape index (κ1) is 19.8. The molecule has 9 nitrogen and oxygen atoms in total. The van der Waals surface area contributed by atoms with Gasteiger partial charge in [0.1, 0.15) is 0 Å². The van der Waals surface area contributed by atoms with Crippen LogP contribution in [0.3, 0.4) is 0 Å². The minimum atomic E-state index is -0.388. The first-order chi connectivity index (χ1) is 12.6. The number of aromatic amines is 1. The molecule has 0 fully saturated rings. The lowest BCUT2D eigenvalue weighted by Gasteiger charge is -2.13. The molecule has 2 heterocycles. The molecule has 0 amide bonds. The Bertz CT molecular complexity index is 755. The van der Waals surface area contributed by atoms with Crippen molar-refractivity contribution in [2.75, 3.05) is 27.4 Å². The molecule has 2 aromatic heterocycles. The Balaban J connectivity index is 2.06. The third-order valence-electron chi connectivity index (χ3n) is 3.83. The summed E-state index contributed by atoms with van der Waals surface area (Å²) in [5, 5.41) is 12.0. The summed E-state index contributed by atoms with van der Waals surface area (Å²) >= 11 is 0. The van der Waals surface area contributed by atoms with Gasteiger partial charge in [-0.2, -0.15) is 10.2 Å². The number of aromatic nitrogens is 3. The average Bonchev–Trinajstić information content (AvgIpc) is 3.12. The number of hydrazone groups is 1. The number of hydrogen-bond donors (Lipinski definition) is 2. The first-order valence-electron chi connectivity index (χ1n) is 8.40. The smallest absolute Gasteiger partial charge is 0.339 e. The third-order valence-corrected chi connectivity index (χ3v) is 3.83. The lowest BCUT2D eigenvalue weighted by molar-refractivity contribution is -0.0959. The largest absolute Gasteiger partial charge is 0.462 e. The molecule has 142 valence electrons. The number of pyridine rings is 1. The number of hydrogen-bond acceptors (Lipinski definition) is 8. The fraction of sp³-hybridized carbons (Fsp3) is 0.529. The average molecular weight is 363 g/mol. The minimum Gasteiger partial charge on any atom is -0.462 e. The second kappa shape index (κ2) is 9.83. The van der Waals surface area contributed by atoms with Gasteiger partial charge in [-0.3, -0.25) is 5.10 Å². The predicted molar refractivity (Wildman–Crippen MR) is 97.1 cm³/mol. The molecule has 0 aromatic carbocycles. The monoisotopic (exact) mass is 363 g/mol. The second-order valence-corrected chi connectivity index (χ2v) is 5.60. The van der Waals surface area contributed by atoms with Gasteiger partial charge in [-0.15, -0.1) is 0 Å². The van der Waals surface area contributed by atoms with Crippen LogP contribution in [0.25, 0.3) is 11.0 Å². The Morgan fingerprint density at radius 2 is 2.15 bits per heavy atom. The summed E-state index contributed by atoms with van der Waals surface area (Å²) in [7, 11) is 3.18. The molecule has 2 N–H and O–H groups in total. The van der Waals surface area contributed by atoms with Crippen LogP contribution in [0.1, 0.15) is 36.2 Å². The normalized spacial score (nSPS) is 12.0. The summed E-state index contributed by atoms with van der Waals surface area (Å²) in [5.74, 6) is -0.388. The van der Waals surface area contributed by atoms with E-state index in [9.17, 15) is 4.79 Å². The first-order valence-corrected chi connectivity index (χ1v) is 8.40. The maximum Gasteiger partial charge on any atom is 0.339 e. The number of H-pyrrole nitrogens is 1. The summed E-state index contributed by atoms with van der Waals surface area (Å²) < 4.78 is 15.4. The second-order valence-electron chi connectivity index (χ2n) is 5.60. The summed E-state index contributed by atoms with van der Waals surface area (Å²) in [4.78, 5) is 16.4. The number of methoxy groups -OCH3 is 2. The van der Waals surface area contributed by atoms with E-state index in [2.05, 4.69) is 25.7 Å². The molecule has 0 spiro atoms. The van der Waals surface area contributed by atoms with Crippen LogP contribution < -0.4 is 5.43 Å². The van der Waals surface area contributed by atoms with Gasteiger partial charge in [-0.25, -0.2) is 9.78 Å². The van der Waals surface area contributed by atoms with Crippen LogP contribution in [0.4, 0.5) is 0 Å². The van der Waals surface area contributed by atoms with E-state index in [1.165, 1.54) is 6.20 Å². The van der Waals surface area contributed by atoms with E-state index < -0.39 is 0 Å². The molecule has 0 aliphatic carbocycles. The number of nitrogens with zero attached hydrogens (tertiary/aromatic N) is 3. The quantitative estimate of drug-likeness (QED) is 0.217. The molecule has 0 unspecified atom stereocenters. The van der Waals surface area contributed by atoms with Crippen LogP contribution in [-0.4, -0.2) is 60.5 Å². The van der Waals surface area contributed by atoms with Crippen molar-refractivity contribution < 1.29 is 19.0 Å². The number of rotatable bonds is 10. The zero-order valence-electron chi connectivity index (χ0n) is 15.5. The number of ether oxygens (including phenoxy) is 3. The van der Waals surface area contributed by atoms with Crippen molar-refractivity contribution in [3.8, 4) is 0 Å². The van der Waals surface area contributed by atoms with Crippen LogP contribution in [0.2, 0.25) is 0 Å². The molecule has 2 aromatic rings. The van der Waals surface area contributed by atoms with E-state index >= 15 is 0 Å². The maximum atomic E-state index is 12.2. The topological polar surface area (TPSA) is 111 Å². The lowest BCUT2D eigenvalue weighted by atomic mass is 10.0. The Kier molecular flexibility index (Phi) is 7.49. The Morgan fingerprint density at radius 1 is 1.38 bits per heavy atom. The van der Waals surface area contributed by atoms with Gasteiger partial charge in [0.15, 0.2) is 11.9 Å². The zero-order chi connectivity index (χ0) is 18.9. The Labute approximate surface area is 152 Å². The molecule has 0 bridgehead atoms. The molecule has 26 heavy (non-hydrogen) atoms. The number of carbonyl (C=O) groups is 1. The van der Waals surface area contributed by atoms with E-state index in [4.69, 9.17) is 14.2 Å². The highest BCUT2D eigenvalue weighted by Gasteiger charge is 2.17. The van der Waals surface area contributed by atoms with Gasteiger partial charge in [-0.1, -0.05) is 0 Å². The molecule has 0 aliphatic heterocycles. The van der Waals surface area contributed by atoms with Crippen molar-refractivity contribution in [3.05, 3.63) is 23.5 Å². The lowest BCUT2D eigenvalue weighted by Crippen LogP contribution is -2.20. The van der Waals surface area contributed by atoms with Crippen LogP contribution in [0.5, 0.6) is 0 Å². The predicted octanol–water partition coefficient (Wildman–Crippen LogP) is 1.65. The van der Waals surface area contributed by atoms with Crippen molar-refractivity contribution in [1.29, 1.82) is 0 Å². The van der Waals surface area contributed by atoms with E-state index in [0.717, 1.165) is 16.7 Å². The van der Waals surface area contributed by atoms with E-state index in [-0.39, 0.29) is 12.3 Å². The number of esters is 1. The van der Waals surface area contributed by atoms with Crippen molar-refractivity contribution in [2.45, 2.75) is 33.0 Å². The summed E-state index contributed by atoms with van der Waals surface area (Å²) in [6, 6.07) is 0. The fourth-order valence-corrected chi connectivity index (χ4v) is 2.53. The molecule has 0 saturated heterocycles. The number of nitrogens with one attached hydrogen (secondary N) is 2. The third kappa shape index (κ3) is 4.99. The molecule has 0 aliphatic rings. The van der Waals surface area contributed by atoms with Gasteiger partial charge in [0.05, 0.1) is 12.2 Å². The molecule has 9 heteroatoms. The summed E-state index contributed by atoms with van der Waals surface area (Å²) in [6.07, 6.45) is 4.06. The Hall–Kier alpha value is -2.52.